The molecule has 4 heteroatoms. The lowest BCUT2D eigenvalue weighted by atomic mass is 9.91. The van der Waals surface area contributed by atoms with Crippen molar-refractivity contribution in [3.05, 3.63) is 146 Å². The number of furan rings is 1. The summed E-state index contributed by atoms with van der Waals surface area (Å²) < 4.78 is 9.07. The van der Waals surface area contributed by atoms with Gasteiger partial charge in [-0.15, -0.1) is 11.3 Å². The minimum Gasteiger partial charge on any atom is -0.455 e. The van der Waals surface area contributed by atoms with E-state index in [0.29, 0.717) is 5.82 Å². The van der Waals surface area contributed by atoms with Crippen LogP contribution in [0, 0.1) is 0 Å². The van der Waals surface area contributed by atoms with Crippen molar-refractivity contribution in [2.75, 3.05) is 0 Å². The fourth-order valence-corrected chi connectivity index (χ4v) is 8.16. The number of hydrogen-bond donors (Lipinski definition) is 0. The minimum absolute atomic E-state index is 0.696. The van der Waals surface area contributed by atoms with Crippen molar-refractivity contribution in [3.8, 4) is 33.8 Å². The molecule has 214 valence electrons. The Morgan fingerprint density at radius 1 is 0.500 bits per heavy atom. The molecule has 10 aromatic rings. The van der Waals surface area contributed by atoms with E-state index < -0.39 is 0 Å². The summed E-state index contributed by atoms with van der Waals surface area (Å²) in [7, 11) is 0. The third kappa shape index (κ3) is 3.71. The second-order valence-corrected chi connectivity index (χ2v) is 12.7. The summed E-state index contributed by atoms with van der Waals surface area (Å²) >= 11 is 1.75. The van der Waals surface area contributed by atoms with Crippen LogP contribution in [0.25, 0.3) is 97.6 Å². The second-order valence-electron chi connectivity index (χ2n) is 11.7. The van der Waals surface area contributed by atoms with E-state index in [-0.39, 0.29) is 0 Å². The van der Waals surface area contributed by atoms with Crippen LogP contribution in [0.2, 0.25) is 0 Å². The zero-order chi connectivity index (χ0) is 30.2. The average Bonchev–Trinajstić information content (AvgIpc) is 3.70. The van der Waals surface area contributed by atoms with Crippen LogP contribution >= 0.6 is 11.3 Å². The lowest BCUT2D eigenvalue weighted by molar-refractivity contribution is 0.670. The lowest BCUT2D eigenvalue weighted by Crippen LogP contribution is -1.95. The molecule has 0 N–H and O–H groups in total. The molecule has 3 nitrogen and oxygen atoms in total. The van der Waals surface area contributed by atoms with Crippen LogP contribution in [-0.2, 0) is 0 Å². The predicted octanol–water partition coefficient (Wildman–Crippen LogP) is 12.1. The molecule has 0 fully saturated rings. The summed E-state index contributed by atoms with van der Waals surface area (Å²) in [5.41, 5.74) is 7.87. The summed E-state index contributed by atoms with van der Waals surface area (Å²) in [5.74, 6) is 0.696. The fraction of sp³-hybridized carbons (Fsp3) is 0. The zero-order valence-corrected chi connectivity index (χ0v) is 25.4. The Hall–Kier alpha value is -5.84. The largest absolute Gasteiger partial charge is 0.455 e. The molecule has 0 spiro atoms. The van der Waals surface area contributed by atoms with Gasteiger partial charge >= 0.3 is 0 Å². The van der Waals surface area contributed by atoms with Crippen LogP contribution in [0.4, 0.5) is 0 Å². The predicted molar refractivity (Wildman–Crippen MR) is 194 cm³/mol. The number of aromatic nitrogens is 2. The van der Waals surface area contributed by atoms with Crippen molar-refractivity contribution in [3.63, 3.8) is 0 Å². The average molecular weight is 605 g/mol. The van der Waals surface area contributed by atoms with Crippen molar-refractivity contribution in [2.24, 2.45) is 0 Å². The molecule has 0 aliphatic rings. The molecule has 0 aliphatic heterocycles. The number of para-hydroxylation sites is 1. The van der Waals surface area contributed by atoms with E-state index >= 15 is 0 Å². The number of fused-ring (bicyclic) bond motifs is 9. The molecule has 3 aromatic heterocycles. The Bertz CT molecular complexity index is 2810. The first-order chi connectivity index (χ1) is 22.8. The van der Waals surface area contributed by atoms with Gasteiger partial charge in [-0.1, -0.05) is 115 Å². The Balaban J connectivity index is 1.32. The highest BCUT2D eigenvalue weighted by Crippen LogP contribution is 2.45. The number of benzene rings is 7. The summed E-state index contributed by atoms with van der Waals surface area (Å²) in [6.07, 6.45) is 0. The molecule has 0 saturated carbocycles. The van der Waals surface area contributed by atoms with Crippen molar-refractivity contribution in [1.29, 1.82) is 0 Å². The first kappa shape index (κ1) is 25.5. The SMILES string of the molecule is c1ccc(-c2nc(-c3ccc(-c4cc5ccccc5c5ccccc45)c4oc5ccccc5c34)nc3c2sc2ccccc23)cc1. The van der Waals surface area contributed by atoms with Crippen LogP contribution in [-0.4, -0.2) is 9.97 Å². The topological polar surface area (TPSA) is 38.9 Å². The van der Waals surface area contributed by atoms with Gasteiger partial charge in [-0.3, -0.25) is 0 Å². The van der Waals surface area contributed by atoms with Gasteiger partial charge in [0.15, 0.2) is 5.82 Å². The molecule has 3 heterocycles. The molecular formula is C42H24N2OS. The maximum atomic E-state index is 6.77. The summed E-state index contributed by atoms with van der Waals surface area (Å²) in [6, 6.07) is 51.2. The van der Waals surface area contributed by atoms with E-state index in [1.54, 1.807) is 11.3 Å². The van der Waals surface area contributed by atoms with Gasteiger partial charge in [0.2, 0.25) is 0 Å². The van der Waals surface area contributed by atoms with Crippen molar-refractivity contribution >= 4 is 75.1 Å². The van der Waals surface area contributed by atoms with Crippen molar-refractivity contribution in [1.82, 2.24) is 9.97 Å². The number of hydrogen-bond acceptors (Lipinski definition) is 4. The van der Waals surface area contributed by atoms with E-state index in [4.69, 9.17) is 14.4 Å². The first-order valence-electron chi connectivity index (χ1n) is 15.4. The summed E-state index contributed by atoms with van der Waals surface area (Å²) in [4.78, 5) is 10.6. The molecule has 10 rings (SSSR count). The van der Waals surface area contributed by atoms with Gasteiger partial charge in [0.05, 0.1) is 15.9 Å². The molecule has 46 heavy (non-hydrogen) atoms. The van der Waals surface area contributed by atoms with Crippen molar-refractivity contribution in [2.45, 2.75) is 0 Å². The molecule has 0 radical (unpaired) electrons. The monoisotopic (exact) mass is 604 g/mol. The highest BCUT2D eigenvalue weighted by atomic mass is 32.1. The van der Waals surface area contributed by atoms with E-state index in [2.05, 4.69) is 127 Å². The number of nitrogens with zero attached hydrogens (tertiary/aromatic N) is 2. The van der Waals surface area contributed by atoms with Crippen LogP contribution in [0.3, 0.4) is 0 Å². The van der Waals surface area contributed by atoms with E-state index in [1.807, 2.05) is 18.2 Å². The third-order valence-corrected chi connectivity index (χ3v) is 10.3. The Kier molecular flexibility index (Phi) is 5.45. The lowest BCUT2D eigenvalue weighted by Gasteiger charge is -2.13. The highest BCUT2D eigenvalue weighted by Gasteiger charge is 2.22. The van der Waals surface area contributed by atoms with Gasteiger partial charge < -0.3 is 4.42 Å². The Morgan fingerprint density at radius 2 is 1.17 bits per heavy atom. The molecule has 0 unspecified atom stereocenters. The highest BCUT2D eigenvalue weighted by molar-refractivity contribution is 7.26. The first-order valence-corrected chi connectivity index (χ1v) is 16.2. The molecular weight excluding hydrogens is 581 g/mol. The van der Waals surface area contributed by atoms with E-state index in [9.17, 15) is 0 Å². The number of rotatable bonds is 3. The summed E-state index contributed by atoms with van der Waals surface area (Å²) in [6.45, 7) is 0. The standard InChI is InChI=1S/C42H24N2OS/c1-2-12-25(13-3-1)38-41-39(32-19-9-11-21-36(32)46-41)44-42(43-38)33-23-22-30(40-37(33)31-18-8-10-20-35(31)45-40)34-24-26-14-4-5-15-27(26)28-16-6-7-17-29(28)34/h1-24H. The fourth-order valence-electron chi connectivity index (χ4n) is 7.01. The summed E-state index contributed by atoms with van der Waals surface area (Å²) in [5, 5.41) is 8.12. The van der Waals surface area contributed by atoms with Gasteiger partial charge in [0, 0.05) is 37.5 Å². The third-order valence-electron chi connectivity index (χ3n) is 9.09. The maximum absolute atomic E-state index is 6.77. The van der Waals surface area contributed by atoms with Gasteiger partial charge in [0.25, 0.3) is 0 Å². The second kappa shape index (κ2) is 9.83. The molecule has 7 aromatic carbocycles. The van der Waals surface area contributed by atoms with E-state index in [0.717, 1.165) is 65.5 Å². The van der Waals surface area contributed by atoms with Crippen LogP contribution < -0.4 is 0 Å². The van der Waals surface area contributed by atoms with Crippen LogP contribution in [0.5, 0.6) is 0 Å². The van der Waals surface area contributed by atoms with Gasteiger partial charge in [-0.25, -0.2) is 9.97 Å². The van der Waals surface area contributed by atoms with Gasteiger partial charge in [-0.05, 0) is 57.4 Å². The van der Waals surface area contributed by atoms with Gasteiger partial charge in [-0.2, -0.15) is 0 Å². The van der Waals surface area contributed by atoms with Crippen molar-refractivity contribution < 1.29 is 4.42 Å². The van der Waals surface area contributed by atoms with Crippen LogP contribution in [0.15, 0.2) is 150 Å². The normalized spacial score (nSPS) is 11.9. The zero-order valence-electron chi connectivity index (χ0n) is 24.6. The van der Waals surface area contributed by atoms with Crippen LogP contribution in [0.1, 0.15) is 0 Å². The minimum atomic E-state index is 0.696. The van der Waals surface area contributed by atoms with Gasteiger partial charge in [0.1, 0.15) is 11.2 Å². The quantitative estimate of drug-likeness (QED) is 0.188. The Morgan fingerprint density at radius 3 is 2.04 bits per heavy atom. The Labute approximate surface area is 268 Å². The molecule has 0 atom stereocenters. The smallest absolute Gasteiger partial charge is 0.161 e. The number of thiophene rings is 1. The molecule has 0 saturated heterocycles. The molecule has 0 aliphatic carbocycles. The maximum Gasteiger partial charge on any atom is 0.161 e. The molecule has 0 bridgehead atoms. The van der Waals surface area contributed by atoms with E-state index in [1.165, 1.54) is 26.2 Å². The molecule has 0 amide bonds.